The number of pyridine rings is 1. The highest BCUT2D eigenvalue weighted by atomic mass is 16.5. The topological polar surface area (TPSA) is 42.4 Å². The molecular weight excluding hydrogens is 262 g/mol. The van der Waals surface area contributed by atoms with Gasteiger partial charge in [-0.05, 0) is 36.5 Å². The molecule has 2 rings (SSSR count). The highest BCUT2D eigenvalue weighted by molar-refractivity contribution is 5.25. The van der Waals surface area contributed by atoms with Gasteiger partial charge >= 0.3 is 0 Å². The second-order valence-corrected chi connectivity index (χ2v) is 5.15. The fraction of sp³-hybridized carbons (Fsp3) is 0.389. The minimum absolute atomic E-state index is 0.0274. The molecule has 1 aromatic heterocycles. The van der Waals surface area contributed by atoms with Gasteiger partial charge < -0.3 is 9.84 Å². The Balaban J connectivity index is 1.86. The van der Waals surface area contributed by atoms with E-state index in [-0.39, 0.29) is 6.61 Å². The van der Waals surface area contributed by atoms with Crippen molar-refractivity contribution in [3.8, 4) is 5.88 Å². The van der Waals surface area contributed by atoms with Gasteiger partial charge in [0.05, 0.1) is 13.2 Å². The maximum absolute atomic E-state index is 9.29. The molecule has 1 aromatic carbocycles. The van der Waals surface area contributed by atoms with Gasteiger partial charge in [0, 0.05) is 11.8 Å². The first kappa shape index (κ1) is 15.5. The van der Waals surface area contributed by atoms with Crippen LogP contribution in [0.5, 0.6) is 5.88 Å². The second-order valence-electron chi connectivity index (χ2n) is 5.15. The molecule has 112 valence electrons. The van der Waals surface area contributed by atoms with Crippen LogP contribution >= 0.6 is 0 Å². The molecule has 0 aliphatic rings. The van der Waals surface area contributed by atoms with Crippen molar-refractivity contribution in [2.45, 2.75) is 39.2 Å². The lowest BCUT2D eigenvalue weighted by atomic mass is 10.1. The summed E-state index contributed by atoms with van der Waals surface area (Å²) in [7, 11) is 0. The number of rotatable bonds is 8. The summed E-state index contributed by atoms with van der Waals surface area (Å²) in [6.07, 6.45) is 3.91. The third kappa shape index (κ3) is 5.20. The highest BCUT2D eigenvalue weighted by Crippen LogP contribution is 2.15. The minimum atomic E-state index is 0.0274. The summed E-state index contributed by atoms with van der Waals surface area (Å²) < 4.78 is 5.73. The molecule has 0 radical (unpaired) electrons. The van der Waals surface area contributed by atoms with Gasteiger partial charge in [0.1, 0.15) is 0 Å². The highest BCUT2D eigenvalue weighted by Gasteiger charge is 2.03. The van der Waals surface area contributed by atoms with Crippen LogP contribution in [0.2, 0.25) is 0 Å². The number of ether oxygens (including phenoxy) is 1. The quantitative estimate of drug-likeness (QED) is 0.754. The van der Waals surface area contributed by atoms with E-state index in [2.05, 4.69) is 36.2 Å². The van der Waals surface area contributed by atoms with Crippen LogP contribution in [0.25, 0.3) is 0 Å². The molecule has 1 N–H and O–H groups in total. The Labute approximate surface area is 126 Å². The van der Waals surface area contributed by atoms with Crippen molar-refractivity contribution in [3.05, 3.63) is 59.3 Å². The van der Waals surface area contributed by atoms with E-state index < -0.39 is 0 Å². The molecule has 0 aliphatic heterocycles. The van der Waals surface area contributed by atoms with Crippen LogP contribution in [0.3, 0.4) is 0 Å². The van der Waals surface area contributed by atoms with Crippen molar-refractivity contribution in [2.24, 2.45) is 0 Å². The Kier molecular flexibility index (Phi) is 6.22. The fourth-order valence-electron chi connectivity index (χ4n) is 2.27. The summed E-state index contributed by atoms with van der Waals surface area (Å²) in [6, 6.07) is 14.2. The Morgan fingerprint density at radius 1 is 1.05 bits per heavy atom. The lowest BCUT2D eigenvalue weighted by Gasteiger charge is -2.09. The molecule has 0 bridgehead atoms. The van der Waals surface area contributed by atoms with Crippen molar-refractivity contribution in [1.29, 1.82) is 0 Å². The largest absolute Gasteiger partial charge is 0.478 e. The Hall–Kier alpha value is -1.87. The molecule has 0 unspecified atom stereocenters. The van der Waals surface area contributed by atoms with Crippen LogP contribution in [0.4, 0.5) is 0 Å². The number of nitrogens with zero attached hydrogens (tertiary/aromatic N) is 1. The molecule has 21 heavy (non-hydrogen) atoms. The van der Waals surface area contributed by atoms with Gasteiger partial charge in [-0.2, -0.15) is 0 Å². The SMILES string of the molecule is CCCc1cc(CO)cc(OCCCc2ccccc2)n1. The lowest BCUT2D eigenvalue weighted by molar-refractivity contribution is 0.275. The van der Waals surface area contributed by atoms with Crippen LogP contribution in [-0.4, -0.2) is 16.7 Å². The molecule has 0 atom stereocenters. The Morgan fingerprint density at radius 3 is 2.57 bits per heavy atom. The van der Waals surface area contributed by atoms with Crippen molar-refractivity contribution in [1.82, 2.24) is 4.98 Å². The van der Waals surface area contributed by atoms with E-state index in [0.29, 0.717) is 12.5 Å². The van der Waals surface area contributed by atoms with Gasteiger partial charge in [-0.15, -0.1) is 0 Å². The molecular formula is C18H23NO2. The van der Waals surface area contributed by atoms with Gasteiger partial charge in [-0.25, -0.2) is 4.98 Å². The van der Waals surface area contributed by atoms with Gasteiger partial charge in [0.15, 0.2) is 0 Å². The number of hydrogen-bond acceptors (Lipinski definition) is 3. The maximum atomic E-state index is 9.29. The molecule has 1 heterocycles. The third-order valence-electron chi connectivity index (χ3n) is 3.31. The van der Waals surface area contributed by atoms with E-state index in [4.69, 9.17) is 4.74 Å². The summed E-state index contributed by atoms with van der Waals surface area (Å²) >= 11 is 0. The average Bonchev–Trinajstić information content (AvgIpc) is 2.53. The monoisotopic (exact) mass is 285 g/mol. The number of hydrogen-bond donors (Lipinski definition) is 1. The second kappa shape index (κ2) is 8.42. The molecule has 3 heteroatoms. The molecule has 0 fully saturated rings. The van der Waals surface area contributed by atoms with Crippen molar-refractivity contribution >= 4 is 0 Å². The zero-order valence-corrected chi connectivity index (χ0v) is 12.6. The Morgan fingerprint density at radius 2 is 1.86 bits per heavy atom. The van der Waals surface area contributed by atoms with Crippen LogP contribution in [0, 0.1) is 0 Å². The van der Waals surface area contributed by atoms with Crippen molar-refractivity contribution in [3.63, 3.8) is 0 Å². The number of aliphatic hydroxyl groups excluding tert-OH is 1. The zero-order chi connectivity index (χ0) is 14.9. The van der Waals surface area contributed by atoms with Crippen molar-refractivity contribution in [2.75, 3.05) is 6.61 Å². The van der Waals surface area contributed by atoms with Crippen LogP contribution in [0.15, 0.2) is 42.5 Å². The minimum Gasteiger partial charge on any atom is -0.478 e. The number of aromatic nitrogens is 1. The maximum Gasteiger partial charge on any atom is 0.213 e. The van der Waals surface area contributed by atoms with Gasteiger partial charge in [-0.3, -0.25) is 0 Å². The number of aryl methyl sites for hydroxylation is 2. The van der Waals surface area contributed by atoms with E-state index in [1.807, 2.05) is 18.2 Å². The first-order valence-electron chi connectivity index (χ1n) is 7.59. The summed E-state index contributed by atoms with van der Waals surface area (Å²) in [5, 5.41) is 9.29. The summed E-state index contributed by atoms with van der Waals surface area (Å²) in [4.78, 5) is 4.48. The predicted octanol–water partition coefficient (Wildman–Crippen LogP) is 3.54. The summed E-state index contributed by atoms with van der Waals surface area (Å²) in [6.45, 7) is 2.79. The first-order chi connectivity index (χ1) is 10.3. The summed E-state index contributed by atoms with van der Waals surface area (Å²) in [5.74, 6) is 0.623. The zero-order valence-electron chi connectivity index (χ0n) is 12.6. The van der Waals surface area contributed by atoms with E-state index in [1.165, 1.54) is 5.56 Å². The fourth-order valence-corrected chi connectivity index (χ4v) is 2.27. The van der Waals surface area contributed by atoms with Gasteiger partial charge in [0.25, 0.3) is 0 Å². The molecule has 0 saturated carbocycles. The molecule has 2 aromatic rings. The van der Waals surface area contributed by atoms with Gasteiger partial charge in [0.2, 0.25) is 5.88 Å². The first-order valence-corrected chi connectivity index (χ1v) is 7.59. The van der Waals surface area contributed by atoms with Crippen LogP contribution in [0.1, 0.15) is 36.6 Å². The smallest absolute Gasteiger partial charge is 0.213 e. The standard InChI is InChI=1S/C18H23NO2/c1-2-7-17-12-16(14-20)13-18(19-17)21-11-6-10-15-8-4-3-5-9-15/h3-5,8-9,12-13,20H,2,6-7,10-11,14H2,1H3. The average molecular weight is 285 g/mol. The van der Waals surface area contributed by atoms with E-state index >= 15 is 0 Å². The molecule has 0 spiro atoms. The van der Waals surface area contributed by atoms with E-state index in [1.54, 1.807) is 0 Å². The van der Waals surface area contributed by atoms with Crippen molar-refractivity contribution < 1.29 is 9.84 Å². The predicted molar refractivity (Wildman–Crippen MR) is 84.4 cm³/mol. The lowest BCUT2D eigenvalue weighted by Crippen LogP contribution is -2.03. The van der Waals surface area contributed by atoms with Crippen LogP contribution in [-0.2, 0) is 19.4 Å². The van der Waals surface area contributed by atoms with E-state index in [9.17, 15) is 5.11 Å². The summed E-state index contributed by atoms with van der Waals surface area (Å²) in [5.41, 5.74) is 3.18. The third-order valence-corrected chi connectivity index (χ3v) is 3.31. The molecule has 0 aliphatic carbocycles. The number of benzene rings is 1. The molecule has 3 nitrogen and oxygen atoms in total. The molecule has 0 saturated heterocycles. The number of aliphatic hydroxyl groups is 1. The Bertz CT molecular complexity index is 540. The van der Waals surface area contributed by atoms with Crippen LogP contribution < -0.4 is 4.74 Å². The van der Waals surface area contributed by atoms with Gasteiger partial charge in [-0.1, -0.05) is 43.7 Å². The van der Waals surface area contributed by atoms with E-state index in [0.717, 1.165) is 36.9 Å². The molecule has 0 amide bonds. The normalized spacial score (nSPS) is 10.6.